The van der Waals surface area contributed by atoms with Crippen LogP contribution in [0.4, 0.5) is 17.6 Å². The first-order valence-electron chi connectivity index (χ1n) is 6.88. The molecule has 20 heavy (non-hydrogen) atoms. The van der Waals surface area contributed by atoms with Crippen molar-refractivity contribution in [1.82, 2.24) is 9.97 Å². The fraction of sp³-hybridized carbons (Fsp3) is 0.667. The maximum atomic E-state index is 5.52. The molecule has 1 aromatic heterocycles. The van der Waals surface area contributed by atoms with E-state index in [0.717, 1.165) is 45.2 Å². The van der Waals surface area contributed by atoms with Gasteiger partial charge in [0.1, 0.15) is 11.6 Å². The number of hydrogen-bond acceptors (Lipinski definition) is 8. The average Bonchev–Trinajstić information content (AvgIpc) is 2.56. The molecule has 0 radical (unpaired) electrons. The predicted molar refractivity (Wildman–Crippen MR) is 75.9 cm³/mol. The van der Waals surface area contributed by atoms with Crippen molar-refractivity contribution in [3.05, 3.63) is 6.07 Å². The third kappa shape index (κ3) is 2.92. The monoisotopic (exact) mass is 280 g/mol. The van der Waals surface area contributed by atoms with Gasteiger partial charge in [0, 0.05) is 32.2 Å². The van der Waals surface area contributed by atoms with E-state index in [1.807, 2.05) is 6.07 Å². The van der Waals surface area contributed by atoms with Crippen molar-refractivity contribution in [3.63, 3.8) is 0 Å². The highest BCUT2D eigenvalue weighted by atomic mass is 16.5. The summed E-state index contributed by atoms with van der Waals surface area (Å²) in [5, 5.41) is 0. The third-order valence-corrected chi connectivity index (χ3v) is 3.48. The highest BCUT2D eigenvalue weighted by molar-refractivity contribution is 5.54. The van der Waals surface area contributed by atoms with Gasteiger partial charge in [-0.2, -0.15) is 9.97 Å². The third-order valence-electron chi connectivity index (χ3n) is 3.48. The molecule has 0 aliphatic carbocycles. The van der Waals surface area contributed by atoms with Gasteiger partial charge in [-0.1, -0.05) is 0 Å². The molecule has 110 valence electrons. The van der Waals surface area contributed by atoms with Crippen molar-refractivity contribution >= 4 is 17.6 Å². The molecule has 0 bridgehead atoms. The number of nitrogen functional groups attached to an aromatic ring is 1. The SMILES string of the molecule is NNc1cc(N2CCOCC2)nc(N2CCOCC2)n1. The maximum Gasteiger partial charge on any atom is 0.229 e. The molecule has 2 aliphatic rings. The molecule has 1 aromatic rings. The van der Waals surface area contributed by atoms with Crippen molar-refractivity contribution in [2.75, 3.05) is 67.8 Å². The number of hydrazine groups is 1. The molecule has 3 heterocycles. The lowest BCUT2D eigenvalue weighted by atomic mass is 10.4. The van der Waals surface area contributed by atoms with Crippen LogP contribution in [0.2, 0.25) is 0 Å². The standard InChI is InChI=1S/C12H20N6O2/c13-16-10-9-11(17-1-5-19-6-2-17)15-12(14-10)18-3-7-20-8-4-18/h9H,1-8,13H2,(H,14,15,16). The van der Waals surface area contributed by atoms with E-state index in [-0.39, 0.29) is 0 Å². The Morgan fingerprint density at radius 2 is 1.55 bits per heavy atom. The van der Waals surface area contributed by atoms with Crippen LogP contribution in [0.3, 0.4) is 0 Å². The van der Waals surface area contributed by atoms with Crippen molar-refractivity contribution in [3.8, 4) is 0 Å². The summed E-state index contributed by atoms with van der Waals surface area (Å²) in [5.41, 5.74) is 2.62. The number of hydrogen-bond donors (Lipinski definition) is 2. The zero-order valence-corrected chi connectivity index (χ0v) is 11.4. The summed E-state index contributed by atoms with van der Waals surface area (Å²) in [6, 6.07) is 1.87. The van der Waals surface area contributed by atoms with Gasteiger partial charge in [0.05, 0.1) is 26.4 Å². The molecule has 2 aliphatic heterocycles. The number of anilines is 3. The summed E-state index contributed by atoms with van der Waals surface area (Å²) < 4.78 is 10.7. The average molecular weight is 280 g/mol. The zero-order chi connectivity index (χ0) is 13.8. The summed E-state index contributed by atoms with van der Waals surface area (Å²) in [4.78, 5) is 13.4. The van der Waals surface area contributed by atoms with E-state index in [9.17, 15) is 0 Å². The summed E-state index contributed by atoms with van der Waals surface area (Å²) in [5.74, 6) is 7.73. The van der Waals surface area contributed by atoms with Crippen LogP contribution in [0.1, 0.15) is 0 Å². The minimum Gasteiger partial charge on any atom is -0.378 e. The lowest BCUT2D eigenvalue weighted by molar-refractivity contribution is 0.121. The number of rotatable bonds is 3. The molecule has 0 saturated carbocycles. The minimum atomic E-state index is 0.628. The highest BCUT2D eigenvalue weighted by Gasteiger charge is 2.19. The van der Waals surface area contributed by atoms with Crippen LogP contribution >= 0.6 is 0 Å². The second-order valence-electron chi connectivity index (χ2n) is 4.75. The van der Waals surface area contributed by atoms with Crippen LogP contribution in [0, 0.1) is 0 Å². The van der Waals surface area contributed by atoms with Crippen LogP contribution in [0.5, 0.6) is 0 Å². The fourth-order valence-corrected chi connectivity index (χ4v) is 2.36. The van der Waals surface area contributed by atoms with Gasteiger partial charge in [-0.3, -0.25) is 0 Å². The lowest BCUT2D eigenvalue weighted by Gasteiger charge is -2.31. The van der Waals surface area contributed by atoms with E-state index in [0.29, 0.717) is 25.0 Å². The molecule has 3 N–H and O–H groups in total. The Balaban J connectivity index is 1.85. The summed E-state index contributed by atoms with van der Waals surface area (Å²) in [6.45, 7) is 6.14. The maximum absolute atomic E-state index is 5.52. The quantitative estimate of drug-likeness (QED) is 0.562. The van der Waals surface area contributed by atoms with Crippen molar-refractivity contribution in [1.29, 1.82) is 0 Å². The molecular formula is C12H20N6O2. The molecule has 2 saturated heterocycles. The van der Waals surface area contributed by atoms with Gasteiger partial charge in [0.25, 0.3) is 0 Å². The fourth-order valence-electron chi connectivity index (χ4n) is 2.36. The second kappa shape index (κ2) is 6.21. The van der Waals surface area contributed by atoms with E-state index in [4.69, 9.17) is 15.3 Å². The predicted octanol–water partition coefficient (Wildman–Crippen LogP) is -0.565. The molecule has 0 amide bonds. The molecule has 0 spiro atoms. The first-order chi connectivity index (χ1) is 9.86. The van der Waals surface area contributed by atoms with Gasteiger partial charge >= 0.3 is 0 Å². The molecule has 0 atom stereocenters. The second-order valence-corrected chi connectivity index (χ2v) is 4.75. The zero-order valence-electron chi connectivity index (χ0n) is 11.4. The molecule has 0 aromatic carbocycles. The van der Waals surface area contributed by atoms with Crippen molar-refractivity contribution in [2.24, 2.45) is 5.84 Å². The number of nitrogens with two attached hydrogens (primary N) is 1. The number of nitrogens with zero attached hydrogens (tertiary/aromatic N) is 4. The first-order valence-corrected chi connectivity index (χ1v) is 6.88. The van der Waals surface area contributed by atoms with E-state index in [1.165, 1.54) is 0 Å². The van der Waals surface area contributed by atoms with Crippen molar-refractivity contribution in [2.45, 2.75) is 0 Å². The van der Waals surface area contributed by atoms with Gasteiger partial charge in [-0.15, -0.1) is 0 Å². The molecule has 0 unspecified atom stereocenters. The highest BCUT2D eigenvalue weighted by Crippen LogP contribution is 2.21. The normalized spacial score (nSPS) is 20.1. The Bertz CT molecular complexity index is 409. The van der Waals surface area contributed by atoms with E-state index in [2.05, 4.69) is 25.2 Å². The van der Waals surface area contributed by atoms with Gasteiger partial charge < -0.3 is 24.7 Å². The summed E-state index contributed by atoms with van der Waals surface area (Å²) >= 11 is 0. The number of nitrogens with one attached hydrogen (secondary N) is 1. The van der Waals surface area contributed by atoms with Gasteiger partial charge in [-0.05, 0) is 0 Å². The van der Waals surface area contributed by atoms with Gasteiger partial charge in [0.15, 0.2) is 0 Å². The Labute approximate surface area is 117 Å². The largest absolute Gasteiger partial charge is 0.378 e. The molecular weight excluding hydrogens is 260 g/mol. The molecule has 3 rings (SSSR count). The minimum absolute atomic E-state index is 0.628. The van der Waals surface area contributed by atoms with Crippen LogP contribution in [0.25, 0.3) is 0 Å². The Hall–Kier alpha value is -1.64. The van der Waals surface area contributed by atoms with E-state index in [1.54, 1.807) is 0 Å². The Morgan fingerprint density at radius 1 is 0.950 bits per heavy atom. The van der Waals surface area contributed by atoms with Crippen LogP contribution in [0.15, 0.2) is 6.07 Å². The summed E-state index contributed by atoms with van der Waals surface area (Å²) in [6.07, 6.45) is 0. The topological polar surface area (TPSA) is 88.8 Å². The smallest absolute Gasteiger partial charge is 0.229 e. The van der Waals surface area contributed by atoms with Crippen molar-refractivity contribution < 1.29 is 9.47 Å². The van der Waals surface area contributed by atoms with Crippen LogP contribution < -0.4 is 21.1 Å². The number of morpholine rings is 2. The molecule has 8 heteroatoms. The lowest BCUT2D eigenvalue weighted by Crippen LogP contribution is -2.39. The molecule has 8 nitrogen and oxygen atoms in total. The Kier molecular flexibility index (Phi) is 4.14. The van der Waals surface area contributed by atoms with Gasteiger partial charge in [-0.25, -0.2) is 5.84 Å². The number of aromatic nitrogens is 2. The van der Waals surface area contributed by atoms with E-state index >= 15 is 0 Å². The Morgan fingerprint density at radius 3 is 2.15 bits per heavy atom. The van der Waals surface area contributed by atoms with Crippen LogP contribution in [-0.4, -0.2) is 62.6 Å². The molecule has 2 fully saturated rings. The van der Waals surface area contributed by atoms with Crippen LogP contribution in [-0.2, 0) is 9.47 Å². The first kappa shape index (κ1) is 13.3. The van der Waals surface area contributed by atoms with Gasteiger partial charge in [0.2, 0.25) is 5.95 Å². The number of ether oxygens (including phenoxy) is 2. The summed E-state index contributed by atoms with van der Waals surface area (Å²) in [7, 11) is 0. The van der Waals surface area contributed by atoms with E-state index < -0.39 is 0 Å².